The van der Waals surface area contributed by atoms with Crippen molar-refractivity contribution in [1.82, 2.24) is 0 Å². The van der Waals surface area contributed by atoms with E-state index < -0.39 is 6.10 Å². The van der Waals surface area contributed by atoms with Crippen LogP contribution in [0.4, 0.5) is 0 Å². The van der Waals surface area contributed by atoms with Crippen LogP contribution in [0.2, 0.25) is 0 Å². The van der Waals surface area contributed by atoms with Gasteiger partial charge in [0, 0.05) is 19.3 Å². The van der Waals surface area contributed by atoms with E-state index in [0.29, 0.717) is 19.3 Å². The molecule has 6 heteroatoms. The first-order chi connectivity index (χ1) is 30.6. The first-order valence-corrected chi connectivity index (χ1v) is 28.1. The molecule has 0 saturated heterocycles. The first-order valence-electron chi connectivity index (χ1n) is 28.1. The van der Waals surface area contributed by atoms with Crippen molar-refractivity contribution >= 4 is 17.9 Å². The number of unbranched alkanes of at least 4 members (excludes halogenated alkanes) is 32. The molecule has 0 aliphatic rings. The van der Waals surface area contributed by atoms with Gasteiger partial charge in [-0.2, -0.15) is 0 Å². The van der Waals surface area contributed by atoms with E-state index in [1.165, 1.54) is 193 Å². The lowest BCUT2D eigenvalue weighted by molar-refractivity contribution is -0.167. The van der Waals surface area contributed by atoms with E-state index in [1.807, 2.05) is 0 Å². The number of carbonyl (C=O) groups is 3. The summed E-state index contributed by atoms with van der Waals surface area (Å²) >= 11 is 0. The van der Waals surface area contributed by atoms with Crippen molar-refractivity contribution < 1.29 is 28.6 Å². The molecule has 0 aromatic heterocycles. The van der Waals surface area contributed by atoms with E-state index in [-0.39, 0.29) is 31.1 Å². The summed E-state index contributed by atoms with van der Waals surface area (Å²) in [6.07, 6.45) is 49.4. The number of ether oxygens (including phenoxy) is 3. The summed E-state index contributed by atoms with van der Waals surface area (Å²) in [4.78, 5) is 38.1. The molecule has 374 valence electrons. The van der Waals surface area contributed by atoms with Crippen molar-refractivity contribution in [2.24, 2.45) is 17.8 Å². The van der Waals surface area contributed by atoms with E-state index in [0.717, 1.165) is 75.5 Å². The van der Waals surface area contributed by atoms with Crippen LogP contribution in [0.25, 0.3) is 0 Å². The molecule has 0 aliphatic heterocycles. The molecule has 63 heavy (non-hydrogen) atoms. The van der Waals surface area contributed by atoms with Crippen LogP contribution in [0.3, 0.4) is 0 Å². The molecule has 0 fully saturated rings. The third-order valence-electron chi connectivity index (χ3n) is 13.3. The molecule has 0 saturated carbocycles. The predicted molar refractivity (Wildman–Crippen MR) is 270 cm³/mol. The van der Waals surface area contributed by atoms with Crippen molar-refractivity contribution in [3.8, 4) is 0 Å². The SMILES string of the molecule is CCC(C)CCCCCCCCCCCCC(=O)OC[C@H](COC(=O)CCCCCCCCCCCCCC(C)C)OC(=O)CCCCCCCCCCCCCCCCC(C)C. The second-order valence-corrected chi connectivity index (χ2v) is 20.8. The van der Waals surface area contributed by atoms with E-state index in [1.54, 1.807) is 0 Å². The molecular formula is C57H110O6. The molecule has 2 atom stereocenters. The maximum Gasteiger partial charge on any atom is 0.306 e. The van der Waals surface area contributed by atoms with Gasteiger partial charge in [-0.05, 0) is 37.0 Å². The Morgan fingerprint density at radius 1 is 0.317 bits per heavy atom. The molecule has 1 unspecified atom stereocenters. The highest BCUT2D eigenvalue weighted by Gasteiger charge is 2.19. The van der Waals surface area contributed by atoms with Gasteiger partial charge in [-0.1, -0.05) is 273 Å². The Balaban J connectivity index is 4.32. The van der Waals surface area contributed by atoms with E-state index in [2.05, 4.69) is 41.5 Å². The number of esters is 3. The standard InChI is InChI=1S/C57H110O6/c1-7-53(6)45-39-33-27-21-17-18-23-29-35-41-47-56(59)62-50-54(49-61-55(58)46-40-34-28-22-16-12-14-20-26-32-38-44-52(4)5)63-57(60)48-42-36-30-24-15-11-9-8-10-13-19-25-31-37-43-51(2)3/h51-54H,7-50H2,1-6H3/t53?,54-/m0/s1. The van der Waals surface area contributed by atoms with E-state index >= 15 is 0 Å². The van der Waals surface area contributed by atoms with Gasteiger partial charge in [0.25, 0.3) is 0 Å². The topological polar surface area (TPSA) is 78.9 Å². The summed E-state index contributed by atoms with van der Waals surface area (Å²) in [7, 11) is 0. The third kappa shape index (κ3) is 49.7. The Hall–Kier alpha value is -1.59. The maximum absolute atomic E-state index is 12.8. The quantitative estimate of drug-likeness (QED) is 0.0344. The van der Waals surface area contributed by atoms with Gasteiger partial charge in [0.05, 0.1) is 0 Å². The van der Waals surface area contributed by atoms with Crippen LogP contribution in [0.15, 0.2) is 0 Å². The molecule has 0 rings (SSSR count). The summed E-state index contributed by atoms with van der Waals surface area (Å²) < 4.78 is 16.9. The first kappa shape index (κ1) is 61.4. The smallest absolute Gasteiger partial charge is 0.306 e. The normalized spacial score (nSPS) is 12.6. The Labute approximate surface area is 393 Å². The highest BCUT2D eigenvalue weighted by Crippen LogP contribution is 2.18. The monoisotopic (exact) mass is 891 g/mol. The molecule has 0 N–H and O–H groups in total. The minimum Gasteiger partial charge on any atom is -0.462 e. The van der Waals surface area contributed by atoms with Gasteiger partial charge in [0.1, 0.15) is 13.2 Å². The zero-order valence-electron chi connectivity index (χ0n) is 43.4. The number of hydrogen-bond donors (Lipinski definition) is 0. The molecule has 0 aromatic carbocycles. The minimum atomic E-state index is -0.763. The summed E-state index contributed by atoms with van der Waals surface area (Å²) in [5.41, 5.74) is 0. The number of hydrogen-bond acceptors (Lipinski definition) is 6. The number of rotatable bonds is 50. The molecular weight excluding hydrogens is 781 g/mol. The van der Waals surface area contributed by atoms with Crippen molar-refractivity contribution in [2.45, 2.75) is 317 Å². The summed E-state index contributed by atoms with van der Waals surface area (Å²) in [6.45, 7) is 13.8. The molecule has 0 aromatic rings. The van der Waals surface area contributed by atoms with Crippen LogP contribution in [0.5, 0.6) is 0 Å². The van der Waals surface area contributed by atoms with Crippen LogP contribution in [0, 0.1) is 17.8 Å². The van der Waals surface area contributed by atoms with Crippen molar-refractivity contribution in [3.63, 3.8) is 0 Å². The van der Waals surface area contributed by atoms with Crippen molar-refractivity contribution in [3.05, 3.63) is 0 Å². The van der Waals surface area contributed by atoms with Crippen LogP contribution in [0.1, 0.15) is 311 Å². The van der Waals surface area contributed by atoms with Crippen molar-refractivity contribution in [1.29, 1.82) is 0 Å². The summed E-state index contributed by atoms with van der Waals surface area (Å²) in [6, 6.07) is 0. The average molecular weight is 892 g/mol. The van der Waals surface area contributed by atoms with Gasteiger partial charge in [-0.25, -0.2) is 0 Å². The van der Waals surface area contributed by atoms with E-state index in [9.17, 15) is 14.4 Å². The summed E-state index contributed by atoms with van der Waals surface area (Å²) in [5, 5.41) is 0. The largest absolute Gasteiger partial charge is 0.462 e. The fraction of sp³-hybridized carbons (Fsp3) is 0.947. The molecule has 0 spiro atoms. The highest BCUT2D eigenvalue weighted by atomic mass is 16.6. The third-order valence-corrected chi connectivity index (χ3v) is 13.3. The van der Waals surface area contributed by atoms with Gasteiger partial charge in [-0.3, -0.25) is 14.4 Å². The van der Waals surface area contributed by atoms with Gasteiger partial charge in [0.2, 0.25) is 0 Å². The average Bonchev–Trinajstić information content (AvgIpc) is 3.25. The Morgan fingerprint density at radius 3 is 0.825 bits per heavy atom. The molecule has 6 nitrogen and oxygen atoms in total. The molecule has 0 radical (unpaired) electrons. The highest BCUT2D eigenvalue weighted by molar-refractivity contribution is 5.71. The van der Waals surface area contributed by atoms with Crippen molar-refractivity contribution in [2.75, 3.05) is 13.2 Å². The molecule has 0 aliphatic carbocycles. The van der Waals surface area contributed by atoms with Crippen LogP contribution >= 0.6 is 0 Å². The van der Waals surface area contributed by atoms with Gasteiger partial charge >= 0.3 is 17.9 Å². The second-order valence-electron chi connectivity index (χ2n) is 20.8. The van der Waals surface area contributed by atoms with Crippen LogP contribution in [-0.2, 0) is 28.6 Å². The zero-order chi connectivity index (χ0) is 46.3. The van der Waals surface area contributed by atoms with Crippen LogP contribution in [-0.4, -0.2) is 37.2 Å². The predicted octanol–water partition coefficient (Wildman–Crippen LogP) is 18.3. The summed E-state index contributed by atoms with van der Waals surface area (Å²) in [5.74, 6) is 1.69. The van der Waals surface area contributed by atoms with Gasteiger partial charge in [0.15, 0.2) is 6.10 Å². The molecule has 0 amide bonds. The zero-order valence-corrected chi connectivity index (χ0v) is 43.4. The fourth-order valence-corrected chi connectivity index (χ4v) is 8.61. The van der Waals surface area contributed by atoms with Crippen LogP contribution < -0.4 is 0 Å². The lowest BCUT2D eigenvalue weighted by Crippen LogP contribution is -2.30. The van der Waals surface area contributed by atoms with E-state index in [4.69, 9.17) is 14.2 Å². The second kappa shape index (κ2) is 48.3. The number of carbonyl (C=O) groups excluding carboxylic acids is 3. The fourth-order valence-electron chi connectivity index (χ4n) is 8.61. The minimum absolute atomic E-state index is 0.0640. The Kier molecular flexibility index (Phi) is 47.1. The Bertz CT molecular complexity index is 978. The molecule has 0 heterocycles. The van der Waals surface area contributed by atoms with Gasteiger partial charge < -0.3 is 14.2 Å². The molecule has 0 bridgehead atoms. The van der Waals surface area contributed by atoms with Gasteiger partial charge in [-0.15, -0.1) is 0 Å². The Morgan fingerprint density at radius 2 is 0.556 bits per heavy atom. The lowest BCUT2D eigenvalue weighted by Gasteiger charge is -2.18. The lowest BCUT2D eigenvalue weighted by atomic mass is 9.99. The maximum atomic E-state index is 12.8.